The monoisotopic (exact) mass is 427 g/mol. The Bertz CT molecular complexity index is 1050. The highest BCUT2D eigenvalue weighted by Crippen LogP contribution is 2.30. The van der Waals surface area contributed by atoms with Crippen LogP contribution in [0.1, 0.15) is 29.7 Å². The molecule has 2 aliphatic rings. The van der Waals surface area contributed by atoms with E-state index in [0.717, 1.165) is 25.1 Å². The molecule has 2 N–H and O–H groups in total. The van der Waals surface area contributed by atoms with Gasteiger partial charge in [0, 0.05) is 25.3 Å². The Labute approximate surface area is 178 Å². The molecule has 1 atom stereocenters. The number of benzene rings is 2. The van der Waals surface area contributed by atoms with Gasteiger partial charge >= 0.3 is 12.0 Å². The summed E-state index contributed by atoms with van der Waals surface area (Å²) in [5.41, 5.74) is 3.33. The van der Waals surface area contributed by atoms with Crippen molar-refractivity contribution in [3.63, 3.8) is 0 Å². The van der Waals surface area contributed by atoms with Gasteiger partial charge < -0.3 is 15.4 Å². The number of esters is 1. The van der Waals surface area contributed by atoms with Crippen molar-refractivity contribution in [1.29, 1.82) is 0 Å². The summed E-state index contributed by atoms with van der Waals surface area (Å²) in [7, 11) is 0. The van der Waals surface area contributed by atoms with Gasteiger partial charge in [-0.25, -0.2) is 18.4 Å². The van der Waals surface area contributed by atoms with Gasteiger partial charge in [-0.2, -0.15) is 0 Å². The van der Waals surface area contributed by atoms with Gasteiger partial charge in [-0.1, -0.05) is 30.3 Å². The molecule has 2 aromatic rings. The highest BCUT2D eigenvalue weighted by Gasteiger charge is 2.35. The van der Waals surface area contributed by atoms with E-state index in [1.165, 1.54) is 17.2 Å². The largest absolute Gasteiger partial charge is 0.463 e. The molecule has 0 bridgehead atoms. The molecule has 4 rings (SSSR count). The van der Waals surface area contributed by atoms with E-state index in [1.54, 1.807) is 6.92 Å². The standard InChI is InChI=1S/C23H23F2N3O3/c1-2-31-22(29)20-19(13-28-10-9-14-5-3-4-6-16(14)12-28)26-23(30)27-21(20)15-7-8-17(24)18(25)11-15/h3-8,11,21H,2,9-10,12-13H2,1H3,(H2,26,27,30)/t21-/m0/s1. The predicted molar refractivity (Wildman–Crippen MR) is 110 cm³/mol. The molecule has 31 heavy (non-hydrogen) atoms. The van der Waals surface area contributed by atoms with Crippen LogP contribution in [0.15, 0.2) is 53.7 Å². The molecule has 0 aliphatic carbocycles. The normalized spacial score (nSPS) is 18.8. The second-order valence-corrected chi connectivity index (χ2v) is 7.55. The smallest absolute Gasteiger partial charge is 0.338 e. The summed E-state index contributed by atoms with van der Waals surface area (Å²) in [6.45, 7) is 3.58. The maximum atomic E-state index is 13.9. The number of fused-ring (bicyclic) bond motifs is 1. The topological polar surface area (TPSA) is 70.7 Å². The molecule has 2 heterocycles. The Kier molecular flexibility index (Phi) is 5.99. The lowest BCUT2D eigenvalue weighted by Gasteiger charge is -2.34. The van der Waals surface area contributed by atoms with Gasteiger partial charge in [-0.15, -0.1) is 0 Å². The lowest BCUT2D eigenvalue weighted by Crippen LogP contribution is -2.49. The third-order valence-corrected chi connectivity index (χ3v) is 5.52. The average Bonchev–Trinajstić information content (AvgIpc) is 2.75. The van der Waals surface area contributed by atoms with E-state index in [2.05, 4.69) is 27.7 Å². The Morgan fingerprint density at radius 1 is 1.16 bits per heavy atom. The number of halogens is 2. The van der Waals surface area contributed by atoms with Gasteiger partial charge in [-0.3, -0.25) is 4.90 Å². The molecular weight excluding hydrogens is 404 g/mol. The molecule has 0 fully saturated rings. The molecule has 2 aliphatic heterocycles. The number of hydrogen-bond donors (Lipinski definition) is 2. The summed E-state index contributed by atoms with van der Waals surface area (Å²) >= 11 is 0. The second kappa shape index (κ2) is 8.85. The van der Waals surface area contributed by atoms with Crippen molar-refractivity contribution >= 4 is 12.0 Å². The van der Waals surface area contributed by atoms with Crippen LogP contribution in [-0.2, 0) is 22.5 Å². The highest BCUT2D eigenvalue weighted by atomic mass is 19.2. The molecule has 8 heteroatoms. The minimum Gasteiger partial charge on any atom is -0.463 e. The Hall–Kier alpha value is -3.26. The van der Waals surface area contributed by atoms with Crippen molar-refractivity contribution in [1.82, 2.24) is 15.5 Å². The van der Waals surface area contributed by atoms with Crippen LogP contribution in [0.3, 0.4) is 0 Å². The van der Waals surface area contributed by atoms with E-state index in [0.29, 0.717) is 18.8 Å². The Morgan fingerprint density at radius 2 is 1.94 bits per heavy atom. The molecule has 0 radical (unpaired) electrons. The molecular formula is C23H23F2N3O3. The number of amides is 2. The summed E-state index contributed by atoms with van der Waals surface area (Å²) in [5, 5.41) is 5.36. The first-order valence-electron chi connectivity index (χ1n) is 10.2. The maximum Gasteiger partial charge on any atom is 0.338 e. The van der Waals surface area contributed by atoms with Crippen molar-refractivity contribution in [3.05, 3.63) is 82.1 Å². The minimum absolute atomic E-state index is 0.144. The van der Waals surface area contributed by atoms with E-state index in [4.69, 9.17) is 4.74 Å². The van der Waals surface area contributed by atoms with E-state index < -0.39 is 29.7 Å². The van der Waals surface area contributed by atoms with Gasteiger partial charge in [0.05, 0.1) is 18.2 Å². The van der Waals surface area contributed by atoms with Gasteiger partial charge in [0.15, 0.2) is 11.6 Å². The van der Waals surface area contributed by atoms with Crippen LogP contribution in [0.25, 0.3) is 0 Å². The predicted octanol–water partition coefficient (Wildman–Crippen LogP) is 3.19. The van der Waals surface area contributed by atoms with Crippen LogP contribution < -0.4 is 10.6 Å². The van der Waals surface area contributed by atoms with Gasteiger partial charge in [0.2, 0.25) is 0 Å². The summed E-state index contributed by atoms with van der Waals surface area (Å²) in [5.74, 6) is -2.67. The number of rotatable bonds is 5. The van der Waals surface area contributed by atoms with Crippen molar-refractivity contribution < 1.29 is 23.1 Å². The molecule has 0 saturated carbocycles. The van der Waals surface area contributed by atoms with Crippen LogP contribution in [0.2, 0.25) is 0 Å². The SMILES string of the molecule is CCOC(=O)C1=C(CN2CCc3ccccc3C2)NC(=O)N[C@H]1c1ccc(F)c(F)c1. The summed E-state index contributed by atoms with van der Waals surface area (Å²) in [6.07, 6.45) is 0.858. The van der Waals surface area contributed by atoms with Gasteiger partial charge in [0.25, 0.3) is 0 Å². The number of carbonyl (C=O) groups is 2. The quantitative estimate of drug-likeness (QED) is 0.719. The van der Waals surface area contributed by atoms with Gasteiger partial charge in [0.1, 0.15) is 0 Å². The van der Waals surface area contributed by atoms with E-state index in [9.17, 15) is 18.4 Å². The third-order valence-electron chi connectivity index (χ3n) is 5.52. The Morgan fingerprint density at radius 3 is 2.68 bits per heavy atom. The summed E-state index contributed by atoms with van der Waals surface area (Å²) < 4.78 is 32.5. The lowest BCUT2D eigenvalue weighted by atomic mass is 9.94. The number of nitrogens with zero attached hydrogens (tertiary/aromatic N) is 1. The number of urea groups is 1. The molecule has 0 aromatic heterocycles. The van der Waals surface area contributed by atoms with Crippen LogP contribution >= 0.6 is 0 Å². The van der Waals surface area contributed by atoms with Crippen LogP contribution in [0.4, 0.5) is 13.6 Å². The van der Waals surface area contributed by atoms with Crippen molar-refractivity contribution in [2.45, 2.75) is 25.9 Å². The number of hydrogen-bond acceptors (Lipinski definition) is 4. The van der Waals surface area contributed by atoms with Crippen LogP contribution in [-0.4, -0.2) is 36.6 Å². The maximum absolute atomic E-state index is 13.9. The number of ether oxygens (including phenoxy) is 1. The van der Waals surface area contributed by atoms with Crippen molar-refractivity contribution in [3.8, 4) is 0 Å². The third kappa shape index (κ3) is 4.44. The zero-order valence-corrected chi connectivity index (χ0v) is 17.1. The fraction of sp³-hybridized carbons (Fsp3) is 0.304. The molecule has 2 aromatic carbocycles. The molecule has 0 spiro atoms. The summed E-state index contributed by atoms with van der Waals surface area (Å²) in [4.78, 5) is 27.3. The lowest BCUT2D eigenvalue weighted by molar-refractivity contribution is -0.139. The first-order chi connectivity index (χ1) is 15.0. The minimum atomic E-state index is -1.05. The zero-order valence-electron chi connectivity index (χ0n) is 17.1. The molecule has 0 unspecified atom stereocenters. The van der Waals surface area contributed by atoms with E-state index in [-0.39, 0.29) is 17.7 Å². The van der Waals surface area contributed by atoms with Crippen LogP contribution in [0, 0.1) is 11.6 Å². The van der Waals surface area contributed by atoms with E-state index >= 15 is 0 Å². The number of nitrogens with one attached hydrogen (secondary N) is 2. The van der Waals surface area contributed by atoms with Crippen molar-refractivity contribution in [2.75, 3.05) is 19.7 Å². The molecule has 0 saturated heterocycles. The average molecular weight is 427 g/mol. The zero-order chi connectivity index (χ0) is 22.0. The highest BCUT2D eigenvalue weighted by molar-refractivity contribution is 5.95. The first kappa shape index (κ1) is 21.0. The van der Waals surface area contributed by atoms with Crippen LogP contribution in [0.5, 0.6) is 0 Å². The van der Waals surface area contributed by atoms with Crippen molar-refractivity contribution in [2.24, 2.45) is 0 Å². The first-order valence-corrected chi connectivity index (χ1v) is 10.2. The van der Waals surface area contributed by atoms with Gasteiger partial charge in [-0.05, 0) is 42.2 Å². The summed E-state index contributed by atoms with van der Waals surface area (Å²) in [6, 6.07) is 10.00. The fourth-order valence-corrected chi connectivity index (χ4v) is 4.05. The second-order valence-electron chi connectivity index (χ2n) is 7.55. The van der Waals surface area contributed by atoms with E-state index in [1.807, 2.05) is 12.1 Å². The fourth-order valence-electron chi connectivity index (χ4n) is 4.05. The molecule has 162 valence electrons. The molecule has 6 nitrogen and oxygen atoms in total. The number of carbonyl (C=O) groups excluding carboxylic acids is 2. The Balaban J connectivity index is 1.69. The molecule has 2 amide bonds.